The highest BCUT2D eigenvalue weighted by Crippen LogP contribution is 2.31. The lowest BCUT2D eigenvalue weighted by atomic mass is 10.1. The van der Waals surface area contributed by atoms with Gasteiger partial charge in [0.15, 0.2) is 23.3 Å². The maximum Gasteiger partial charge on any atom is 0.227 e. The Hall–Kier alpha value is -3.60. The predicted molar refractivity (Wildman–Crippen MR) is 116 cm³/mol. The first-order valence-electron chi connectivity index (χ1n) is 10.0. The Morgan fingerprint density at radius 3 is 2.53 bits per heavy atom. The van der Waals surface area contributed by atoms with Gasteiger partial charge in [0, 0.05) is 30.3 Å². The van der Waals surface area contributed by atoms with Crippen LogP contribution in [-0.4, -0.2) is 52.6 Å². The van der Waals surface area contributed by atoms with Crippen LogP contribution >= 0.6 is 0 Å². The SMILES string of the molecule is COc1ccc(-c2cc(Nc3nc(N4C[C@@H](C)O[C@@H](C)C4)ncc3F)nnc2N)c(F)c1. The van der Waals surface area contributed by atoms with Crippen molar-refractivity contribution in [1.82, 2.24) is 20.2 Å². The lowest BCUT2D eigenvalue weighted by Gasteiger charge is -2.35. The first-order valence-corrected chi connectivity index (χ1v) is 10.0. The molecule has 0 aliphatic carbocycles. The van der Waals surface area contributed by atoms with Crippen LogP contribution in [0.3, 0.4) is 0 Å². The van der Waals surface area contributed by atoms with E-state index in [-0.39, 0.29) is 35.2 Å². The standard InChI is InChI=1S/C21H23F2N7O2/c1-11-9-30(10-12(2)32-11)21-25-8-17(23)20(27-21)26-18-7-15(19(24)29-28-18)14-5-4-13(31-3)6-16(14)22/h4-8,11-12H,9-10H2,1-3H3,(H2,24,29)(H,25,26,27,28)/t11-,12+. The number of nitrogens with two attached hydrogens (primary N) is 1. The average Bonchev–Trinajstić information content (AvgIpc) is 2.76. The molecule has 1 fully saturated rings. The molecule has 2 atom stereocenters. The molecule has 32 heavy (non-hydrogen) atoms. The fraction of sp³-hybridized carbons (Fsp3) is 0.333. The summed E-state index contributed by atoms with van der Waals surface area (Å²) in [5.41, 5.74) is 6.42. The lowest BCUT2D eigenvalue weighted by molar-refractivity contribution is -0.00572. The van der Waals surface area contributed by atoms with Crippen LogP contribution in [0.5, 0.6) is 5.75 Å². The summed E-state index contributed by atoms with van der Waals surface area (Å²) in [6.45, 7) is 5.07. The van der Waals surface area contributed by atoms with Gasteiger partial charge in [0.1, 0.15) is 11.6 Å². The van der Waals surface area contributed by atoms with Crippen molar-refractivity contribution < 1.29 is 18.3 Å². The molecule has 3 heterocycles. The Labute approximate surface area is 183 Å². The van der Waals surface area contributed by atoms with Gasteiger partial charge in [-0.2, -0.15) is 4.98 Å². The zero-order valence-electron chi connectivity index (χ0n) is 17.8. The molecule has 0 bridgehead atoms. The molecule has 1 aromatic carbocycles. The van der Waals surface area contributed by atoms with Crippen LogP contribution in [0.4, 0.5) is 32.2 Å². The summed E-state index contributed by atoms with van der Waals surface area (Å²) in [6.07, 6.45) is 1.08. The molecular weight excluding hydrogens is 420 g/mol. The van der Waals surface area contributed by atoms with Crippen LogP contribution < -0.4 is 20.7 Å². The second-order valence-electron chi connectivity index (χ2n) is 7.53. The summed E-state index contributed by atoms with van der Waals surface area (Å²) >= 11 is 0. The number of halogens is 2. The normalized spacial score (nSPS) is 18.5. The fourth-order valence-corrected chi connectivity index (χ4v) is 3.58. The smallest absolute Gasteiger partial charge is 0.227 e. The van der Waals surface area contributed by atoms with Crippen LogP contribution in [0.1, 0.15) is 13.8 Å². The zero-order chi connectivity index (χ0) is 22.8. The maximum atomic E-state index is 14.5. The van der Waals surface area contributed by atoms with Crippen molar-refractivity contribution in [3.8, 4) is 16.9 Å². The second-order valence-corrected chi connectivity index (χ2v) is 7.53. The minimum Gasteiger partial charge on any atom is -0.497 e. The highest BCUT2D eigenvalue weighted by Gasteiger charge is 2.25. The zero-order valence-corrected chi connectivity index (χ0v) is 17.8. The highest BCUT2D eigenvalue weighted by atomic mass is 19.1. The van der Waals surface area contributed by atoms with Gasteiger partial charge in [-0.3, -0.25) is 0 Å². The fourth-order valence-electron chi connectivity index (χ4n) is 3.58. The topological polar surface area (TPSA) is 111 Å². The molecule has 1 saturated heterocycles. The molecule has 0 radical (unpaired) electrons. The van der Waals surface area contributed by atoms with Crippen LogP contribution in [0, 0.1) is 11.6 Å². The minimum absolute atomic E-state index is 0.00581. The average molecular weight is 443 g/mol. The quantitative estimate of drug-likeness (QED) is 0.614. The van der Waals surface area contributed by atoms with Gasteiger partial charge in [-0.1, -0.05) is 0 Å². The van der Waals surface area contributed by atoms with Crippen LogP contribution in [0.25, 0.3) is 11.1 Å². The van der Waals surface area contributed by atoms with Gasteiger partial charge in [-0.25, -0.2) is 13.8 Å². The Bertz CT molecular complexity index is 1120. The van der Waals surface area contributed by atoms with E-state index < -0.39 is 11.6 Å². The summed E-state index contributed by atoms with van der Waals surface area (Å²) in [6, 6.07) is 5.85. The summed E-state index contributed by atoms with van der Waals surface area (Å²) in [4.78, 5) is 10.3. The number of nitrogen functional groups attached to an aromatic ring is 1. The van der Waals surface area contributed by atoms with Gasteiger partial charge >= 0.3 is 0 Å². The van der Waals surface area contributed by atoms with Crippen LogP contribution in [0.2, 0.25) is 0 Å². The summed E-state index contributed by atoms with van der Waals surface area (Å²) in [5.74, 6) is -0.383. The molecule has 0 spiro atoms. The van der Waals surface area contributed by atoms with Crippen LogP contribution in [-0.2, 0) is 4.74 Å². The molecule has 3 N–H and O–H groups in total. The summed E-state index contributed by atoms with van der Waals surface area (Å²) in [5, 5.41) is 10.6. The number of aromatic nitrogens is 4. The number of methoxy groups -OCH3 is 1. The van der Waals surface area contributed by atoms with Gasteiger partial charge in [0.25, 0.3) is 0 Å². The molecule has 11 heteroatoms. The lowest BCUT2D eigenvalue weighted by Crippen LogP contribution is -2.46. The van der Waals surface area contributed by atoms with E-state index in [4.69, 9.17) is 15.2 Å². The van der Waals surface area contributed by atoms with Crippen LogP contribution in [0.15, 0.2) is 30.5 Å². The van der Waals surface area contributed by atoms with E-state index in [1.54, 1.807) is 6.07 Å². The molecule has 1 aliphatic rings. The number of ether oxygens (including phenoxy) is 2. The number of benzene rings is 1. The Morgan fingerprint density at radius 2 is 1.84 bits per heavy atom. The predicted octanol–water partition coefficient (Wildman–Crippen LogP) is 3.16. The van der Waals surface area contributed by atoms with E-state index in [0.717, 1.165) is 6.20 Å². The molecule has 2 aromatic heterocycles. The Morgan fingerprint density at radius 1 is 1.09 bits per heavy atom. The molecule has 1 aliphatic heterocycles. The molecular formula is C21H23F2N7O2. The van der Waals surface area contributed by atoms with E-state index in [0.29, 0.717) is 30.4 Å². The van der Waals surface area contributed by atoms with E-state index in [1.807, 2.05) is 18.7 Å². The third-order valence-electron chi connectivity index (χ3n) is 4.97. The minimum atomic E-state index is -0.668. The van der Waals surface area contributed by atoms with Crippen molar-refractivity contribution in [1.29, 1.82) is 0 Å². The summed E-state index contributed by atoms with van der Waals surface area (Å²) < 4.78 is 39.7. The first-order chi connectivity index (χ1) is 15.3. The molecule has 0 amide bonds. The maximum absolute atomic E-state index is 14.5. The van der Waals surface area contributed by atoms with E-state index in [9.17, 15) is 8.78 Å². The molecule has 168 valence electrons. The first kappa shape index (κ1) is 21.6. The van der Waals surface area contributed by atoms with Gasteiger partial charge in [0.05, 0.1) is 25.5 Å². The van der Waals surface area contributed by atoms with Crippen molar-refractivity contribution in [2.24, 2.45) is 0 Å². The number of hydrogen-bond acceptors (Lipinski definition) is 9. The van der Waals surface area contributed by atoms with Gasteiger partial charge in [-0.05, 0) is 32.0 Å². The monoisotopic (exact) mass is 443 g/mol. The highest BCUT2D eigenvalue weighted by molar-refractivity contribution is 5.77. The van der Waals surface area contributed by atoms with Crippen molar-refractivity contribution >= 4 is 23.4 Å². The second kappa shape index (κ2) is 8.87. The number of nitrogens with one attached hydrogen (secondary N) is 1. The van der Waals surface area contributed by atoms with E-state index in [2.05, 4.69) is 25.5 Å². The summed E-state index contributed by atoms with van der Waals surface area (Å²) in [7, 11) is 1.45. The third kappa shape index (κ3) is 4.52. The number of hydrogen-bond donors (Lipinski definition) is 2. The number of morpholine rings is 1. The number of nitrogens with zero attached hydrogens (tertiary/aromatic N) is 5. The molecule has 9 nitrogen and oxygen atoms in total. The Balaban J connectivity index is 1.63. The van der Waals surface area contributed by atoms with Crippen molar-refractivity contribution in [3.05, 3.63) is 42.1 Å². The van der Waals surface area contributed by atoms with Crippen molar-refractivity contribution in [2.75, 3.05) is 36.1 Å². The molecule has 0 saturated carbocycles. The van der Waals surface area contributed by atoms with E-state index >= 15 is 0 Å². The van der Waals surface area contributed by atoms with Gasteiger partial charge < -0.3 is 25.4 Å². The van der Waals surface area contributed by atoms with Gasteiger partial charge in [-0.15, -0.1) is 10.2 Å². The van der Waals surface area contributed by atoms with E-state index in [1.165, 1.54) is 25.3 Å². The molecule has 4 rings (SSSR count). The van der Waals surface area contributed by atoms with Crippen molar-refractivity contribution in [2.45, 2.75) is 26.1 Å². The molecule has 0 unspecified atom stereocenters. The molecule has 3 aromatic rings. The largest absolute Gasteiger partial charge is 0.497 e. The third-order valence-corrected chi connectivity index (χ3v) is 4.97. The van der Waals surface area contributed by atoms with Crippen molar-refractivity contribution in [3.63, 3.8) is 0 Å². The number of anilines is 4. The Kier molecular flexibility index (Phi) is 5.99. The number of rotatable bonds is 5. The van der Waals surface area contributed by atoms with Gasteiger partial charge in [0.2, 0.25) is 5.95 Å².